The average molecular weight is 276 g/mol. The third kappa shape index (κ3) is 4.35. The molecule has 0 radical (unpaired) electrons. The highest BCUT2D eigenvalue weighted by Crippen LogP contribution is 2.08. The van der Waals surface area contributed by atoms with Crippen molar-refractivity contribution in [2.75, 3.05) is 13.2 Å². The predicted molar refractivity (Wildman–Crippen MR) is 76.3 cm³/mol. The van der Waals surface area contributed by atoms with Crippen LogP contribution in [0.2, 0.25) is 0 Å². The number of esters is 1. The van der Waals surface area contributed by atoms with Gasteiger partial charge in [-0.2, -0.15) is 0 Å². The first-order chi connectivity index (χ1) is 9.79. The van der Waals surface area contributed by atoms with E-state index in [1.807, 2.05) is 37.3 Å². The molecular formula is C15H20N2O3. The minimum atomic E-state index is -0.219. The maximum Gasteiger partial charge on any atom is 0.323 e. The lowest BCUT2D eigenvalue weighted by Crippen LogP contribution is -2.45. The van der Waals surface area contributed by atoms with Gasteiger partial charge in [-0.05, 0) is 25.3 Å². The second-order valence-electron chi connectivity index (χ2n) is 4.64. The molecule has 1 aliphatic rings. The lowest BCUT2D eigenvalue weighted by Gasteiger charge is -2.22. The van der Waals surface area contributed by atoms with Gasteiger partial charge < -0.3 is 9.57 Å². The molecule has 1 atom stereocenters. The molecule has 2 rings (SSSR count). The average Bonchev–Trinajstić information content (AvgIpc) is 2.49. The number of nitrogens with one attached hydrogen (secondary N) is 1. The largest absolute Gasteiger partial charge is 0.465 e. The van der Waals surface area contributed by atoms with Gasteiger partial charge in [0.15, 0.2) is 0 Å². The van der Waals surface area contributed by atoms with Crippen LogP contribution in [-0.2, 0) is 21.0 Å². The van der Waals surface area contributed by atoms with E-state index >= 15 is 0 Å². The van der Waals surface area contributed by atoms with Gasteiger partial charge in [-0.15, -0.1) is 0 Å². The van der Waals surface area contributed by atoms with Crippen molar-refractivity contribution in [3.63, 3.8) is 0 Å². The SMILES string of the molecule is CCOC(=O)[C@@H]1CC/C(=N\OCc2ccccc2)CN1. The summed E-state index contributed by atoms with van der Waals surface area (Å²) in [5.41, 5.74) is 2.02. The Hall–Kier alpha value is -1.88. The van der Waals surface area contributed by atoms with Gasteiger partial charge in [0.25, 0.3) is 0 Å². The third-order valence-electron chi connectivity index (χ3n) is 3.11. The van der Waals surface area contributed by atoms with Crippen molar-refractivity contribution in [3.8, 4) is 0 Å². The molecule has 1 fully saturated rings. The van der Waals surface area contributed by atoms with Crippen molar-refractivity contribution in [3.05, 3.63) is 35.9 Å². The number of rotatable bonds is 5. The molecule has 0 bridgehead atoms. The van der Waals surface area contributed by atoms with Gasteiger partial charge in [0.05, 0.1) is 12.3 Å². The van der Waals surface area contributed by atoms with Crippen LogP contribution in [0.25, 0.3) is 0 Å². The van der Waals surface area contributed by atoms with E-state index in [0.29, 0.717) is 26.2 Å². The smallest absolute Gasteiger partial charge is 0.323 e. The van der Waals surface area contributed by atoms with Crippen LogP contribution in [0.15, 0.2) is 35.5 Å². The second kappa shape index (κ2) is 7.65. The molecule has 5 nitrogen and oxygen atoms in total. The fourth-order valence-corrected chi connectivity index (χ4v) is 2.04. The highest BCUT2D eigenvalue weighted by molar-refractivity contribution is 5.89. The quantitative estimate of drug-likeness (QED) is 0.659. The highest BCUT2D eigenvalue weighted by atomic mass is 16.6. The molecule has 5 heteroatoms. The summed E-state index contributed by atoms with van der Waals surface area (Å²) < 4.78 is 4.98. The summed E-state index contributed by atoms with van der Waals surface area (Å²) >= 11 is 0. The summed E-state index contributed by atoms with van der Waals surface area (Å²) in [6, 6.07) is 9.68. The lowest BCUT2D eigenvalue weighted by molar-refractivity contribution is -0.145. The zero-order valence-corrected chi connectivity index (χ0v) is 11.7. The van der Waals surface area contributed by atoms with E-state index in [9.17, 15) is 4.79 Å². The third-order valence-corrected chi connectivity index (χ3v) is 3.11. The number of carbonyl (C=O) groups is 1. The number of piperidine rings is 1. The first-order valence-electron chi connectivity index (χ1n) is 6.91. The summed E-state index contributed by atoms with van der Waals surface area (Å²) in [6.07, 6.45) is 1.46. The van der Waals surface area contributed by atoms with Gasteiger partial charge in [0.1, 0.15) is 12.6 Å². The molecule has 0 aliphatic carbocycles. The Morgan fingerprint density at radius 1 is 1.40 bits per heavy atom. The molecule has 0 spiro atoms. The summed E-state index contributed by atoms with van der Waals surface area (Å²) in [5, 5.41) is 7.24. The number of benzene rings is 1. The van der Waals surface area contributed by atoms with Gasteiger partial charge in [0.2, 0.25) is 0 Å². The molecule has 1 saturated heterocycles. The molecule has 1 aromatic carbocycles. The monoisotopic (exact) mass is 276 g/mol. The Labute approximate surface area is 118 Å². The van der Waals surface area contributed by atoms with E-state index in [4.69, 9.17) is 9.57 Å². The maximum absolute atomic E-state index is 11.5. The minimum Gasteiger partial charge on any atom is -0.465 e. The van der Waals surface area contributed by atoms with Crippen LogP contribution in [0.3, 0.4) is 0 Å². The van der Waals surface area contributed by atoms with Crippen LogP contribution in [0, 0.1) is 0 Å². The topological polar surface area (TPSA) is 59.9 Å². The molecule has 1 aliphatic heterocycles. The molecule has 1 aromatic rings. The van der Waals surface area contributed by atoms with E-state index in [-0.39, 0.29) is 12.0 Å². The van der Waals surface area contributed by atoms with E-state index in [2.05, 4.69) is 10.5 Å². The zero-order chi connectivity index (χ0) is 14.2. The van der Waals surface area contributed by atoms with Crippen molar-refractivity contribution < 1.29 is 14.4 Å². The Kier molecular flexibility index (Phi) is 5.55. The number of ether oxygens (including phenoxy) is 1. The molecule has 0 unspecified atom stereocenters. The van der Waals surface area contributed by atoms with Gasteiger partial charge in [-0.1, -0.05) is 35.5 Å². The van der Waals surface area contributed by atoms with E-state index in [1.165, 1.54) is 0 Å². The minimum absolute atomic E-state index is 0.184. The fourth-order valence-electron chi connectivity index (χ4n) is 2.04. The van der Waals surface area contributed by atoms with Gasteiger partial charge in [-0.25, -0.2) is 0 Å². The number of oxime groups is 1. The molecule has 108 valence electrons. The summed E-state index contributed by atoms with van der Waals surface area (Å²) in [4.78, 5) is 16.9. The number of hydrogen-bond donors (Lipinski definition) is 1. The molecule has 0 saturated carbocycles. The van der Waals surface area contributed by atoms with Gasteiger partial charge in [-0.3, -0.25) is 10.1 Å². The summed E-state index contributed by atoms with van der Waals surface area (Å²) in [7, 11) is 0. The Morgan fingerprint density at radius 3 is 2.85 bits per heavy atom. The van der Waals surface area contributed by atoms with Crippen molar-refractivity contribution in [1.82, 2.24) is 5.32 Å². The van der Waals surface area contributed by atoms with Crippen molar-refractivity contribution in [2.24, 2.45) is 5.16 Å². The fraction of sp³-hybridized carbons (Fsp3) is 0.467. The van der Waals surface area contributed by atoms with Crippen LogP contribution in [0.1, 0.15) is 25.3 Å². The van der Waals surface area contributed by atoms with E-state index < -0.39 is 0 Å². The van der Waals surface area contributed by atoms with E-state index in [1.54, 1.807) is 0 Å². The van der Waals surface area contributed by atoms with E-state index in [0.717, 1.165) is 17.7 Å². The van der Waals surface area contributed by atoms with Crippen LogP contribution in [-0.4, -0.2) is 30.9 Å². The molecule has 1 heterocycles. The van der Waals surface area contributed by atoms with Crippen LogP contribution >= 0.6 is 0 Å². The van der Waals surface area contributed by atoms with Gasteiger partial charge >= 0.3 is 5.97 Å². The lowest BCUT2D eigenvalue weighted by atomic mass is 10.0. The number of hydrogen-bond acceptors (Lipinski definition) is 5. The van der Waals surface area contributed by atoms with Crippen LogP contribution in [0.4, 0.5) is 0 Å². The molecule has 0 aromatic heterocycles. The Bertz CT molecular complexity index is 449. The maximum atomic E-state index is 11.5. The molecule has 1 N–H and O–H groups in total. The van der Waals surface area contributed by atoms with Gasteiger partial charge in [0, 0.05) is 6.54 Å². The highest BCUT2D eigenvalue weighted by Gasteiger charge is 2.24. The predicted octanol–water partition coefficient (Wildman–Crippen LogP) is 1.87. The molecule has 0 amide bonds. The standard InChI is InChI=1S/C15H20N2O3/c1-2-19-15(18)14-9-8-13(10-16-14)17-20-11-12-6-4-3-5-7-12/h3-7,14,16H,2,8-11H2,1H3/b17-13+/t14-/m0/s1. The van der Waals surface area contributed by atoms with Crippen molar-refractivity contribution >= 4 is 11.7 Å². The zero-order valence-electron chi connectivity index (χ0n) is 11.7. The number of carbonyl (C=O) groups excluding carboxylic acids is 1. The Balaban J connectivity index is 1.73. The number of nitrogens with zero attached hydrogens (tertiary/aromatic N) is 1. The Morgan fingerprint density at radius 2 is 2.20 bits per heavy atom. The van der Waals surface area contributed by atoms with Crippen molar-refractivity contribution in [1.29, 1.82) is 0 Å². The molecule has 20 heavy (non-hydrogen) atoms. The first-order valence-corrected chi connectivity index (χ1v) is 6.91. The van der Waals surface area contributed by atoms with Crippen LogP contribution < -0.4 is 5.32 Å². The van der Waals surface area contributed by atoms with Crippen LogP contribution in [0.5, 0.6) is 0 Å². The molecular weight excluding hydrogens is 256 g/mol. The second-order valence-corrected chi connectivity index (χ2v) is 4.64. The first kappa shape index (κ1) is 14.5. The summed E-state index contributed by atoms with van der Waals surface area (Å²) in [6.45, 7) is 3.26. The van der Waals surface area contributed by atoms with Crippen molar-refractivity contribution in [2.45, 2.75) is 32.4 Å². The normalized spacial score (nSPS) is 20.6. The summed E-state index contributed by atoms with van der Waals surface area (Å²) in [5.74, 6) is -0.184.